The summed E-state index contributed by atoms with van der Waals surface area (Å²) < 4.78 is 10.9. The van der Waals surface area contributed by atoms with Crippen molar-refractivity contribution in [3.05, 3.63) is 64.3 Å². The van der Waals surface area contributed by atoms with E-state index in [0.717, 1.165) is 68.4 Å². The first-order chi connectivity index (χ1) is 17.1. The van der Waals surface area contributed by atoms with Gasteiger partial charge in [0.25, 0.3) is 0 Å². The zero-order chi connectivity index (χ0) is 23.8. The molecule has 3 heterocycles. The second-order valence-corrected chi connectivity index (χ2v) is 9.49. The Balaban J connectivity index is 1.19. The number of anilines is 3. The lowest BCUT2D eigenvalue weighted by molar-refractivity contribution is 0.0972. The van der Waals surface area contributed by atoms with E-state index in [-0.39, 0.29) is 5.78 Å². The van der Waals surface area contributed by atoms with Crippen LogP contribution in [0.15, 0.2) is 42.5 Å². The Morgan fingerprint density at radius 3 is 2.57 bits per heavy atom. The Hall–Kier alpha value is -3.36. The number of fused-ring (bicyclic) bond motifs is 2. The molecule has 0 radical (unpaired) electrons. The number of carbonyl (C=O) groups excluding carboxylic acids is 1. The van der Waals surface area contributed by atoms with Crippen molar-refractivity contribution in [2.75, 3.05) is 43.2 Å². The molecule has 1 aliphatic carbocycles. The van der Waals surface area contributed by atoms with Gasteiger partial charge in [-0.05, 0) is 54.8 Å². The summed E-state index contributed by atoms with van der Waals surface area (Å²) in [5, 5.41) is 4.00. The average molecular weight is 492 g/mol. The summed E-state index contributed by atoms with van der Waals surface area (Å²) >= 11 is 6.04. The SMILES string of the molecule is O=C1CCCc2nc(N3CCN(Cc4ccc5c(c4)OCO5)CC3)nc(Nc3ccc(Cl)cc3)c21. The quantitative estimate of drug-likeness (QED) is 0.561. The number of nitrogens with one attached hydrogen (secondary N) is 1. The summed E-state index contributed by atoms with van der Waals surface area (Å²) in [5.74, 6) is 2.99. The fourth-order valence-electron chi connectivity index (χ4n) is 4.81. The van der Waals surface area contributed by atoms with Crippen LogP contribution >= 0.6 is 11.6 Å². The molecule has 6 rings (SSSR count). The summed E-state index contributed by atoms with van der Waals surface area (Å²) in [4.78, 5) is 27.0. The molecule has 1 saturated heterocycles. The summed E-state index contributed by atoms with van der Waals surface area (Å²) in [6.45, 7) is 4.57. The van der Waals surface area contributed by atoms with Crippen LogP contribution in [0, 0.1) is 0 Å². The Labute approximate surface area is 208 Å². The first-order valence-corrected chi connectivity index (χ1v) is 12.3. The van der Waals surface area contributed by atoms with Gasteiger partial charge in [0.1, 0.15) is 5.82 Å². The van der Waals surface area contributed by atoms with Gasteiger partial charge in [-0.3, -0.25) is 9.69 Å². The van der Waals surface area contributed by atoms with E-state index in [1.165, 1.54) is 5.56 Å². The molecule has 0 unspecified atom stereocenters. The largest absolute Gasteiger partial charge is 0.454 e. The van der Waals surface area contributed by atoms with Crippen LogP contribution in [0.25, 0.3) is 0 Å². The van der Waals surface area contributed by atoms with E-state index in [1.807, 2.05) is 30.3 Å². The average Bonchev–Trinajstić information content (AvgIpc) is 3.34. The number of ether oxygens (including phenoxy) is 2. The predicted octanol–water partition coefficient (Wildman–Crippen LogP) is 4.44. The van der Waals surface area contributed by atoms with Crippen LogP contribution in [0.5, 0.6) is 11.5 Å². The van der Waals surface area contributed by atoms with Crippen molar-refractivity contribution < 1.29 is 14.3 Å². The monoisotopic (exact) mass is 491 g/mol. The maximum atomic E-state index is 12.7. The molecule has 0 spiro atoms. The highest BCUT2D eigenvalue weighted by Gasteiger charge is 2.27. The molecule has 0 bridgehead atoms. The van der Waals surface area contributed by atoms with Crippen LogP contribution in [-0.2, 0) is 13.0 Å². The molecule has 1 aromatic heterocycles. The number of rotatable bonds is 5. The molecule has 0 atom stereocenters. The summed E-state index contributed by atoms with van der Waals surface area (Å²) in [7, 11) is 0. The molecule has 2 aliphatic heterocycles. The predicted molar refractivity (Wildman–Crippen MR) is 134 cm³/mol. The lowest BCUT2D eigenvalue weighted by atomic mass is 9.95. The molecule has 35 heavy (non-hydrogen) atoms. The van der Waals surface area contributed by atoms with Crippen molar-refractivity contribution in [2.24, 2.45) is 0 Å². The Kier molecular flexibility index (Phi) is 5.91. The number of hydrogen-bond acceptors (Lipinski definition) is 8. The molecule has 3 aliphatic rings. The summed E-state index contributed by atoms with van der Waals surface area (Å²) in [6.07, 6.45) is 2.14. The van der Waals surface area contributed by atoms with Crippen LogP contribution < -0.4 is 19.7 Å². The van der Waals surface area contributed by atoms with Crippen molar-refractivity contribution in [3.63, 3.8) is 0 Å². The molecule has 9 heteroatoms. The third-order valence-electron chi connectivity index (χ3n) is 6.67. The number of carbonyl (C=O) groups is 1. The van der Waals surface area contributed by atoms with Gasteiger partial charge in [-0.2, -0.15) is 4.98 Å². The maximum absolute atomic E-state index is 12.7. The maximum Gasteiger partial charge on any atom is 0.231 e. The van der Waals surface area contributed by atoms with Gasteiger partial charge >= 0.3 is 0 Å². The van der Waals surface area contributed by atoms with Gasteiger partial charge in [-0.1, -0.05) is 17.7 Å². The lowest BCUT2D eigenvalue weighted by Crippen LogP contribution is -2.46. The van der Waals surface area contributed by atoms with Crippen LogP contribution in [-0.4, -0.2) is 53.6 Å². The molecule has 2 aromatic carbocycles. The number of nitrogens with zero attached hydrogens (tertiary/aromatic N) is 4. The Morgan fingerprint density at radius 2 is 1.74 bits per heavy atom. The topological polar surface area (TPSA) is 79.8 Å². The highest BCUT2D eigenvalue weighted by molar-refractivity contribution is 6.30. The fraction of sp³-hybridized carbons (Fsp3) is 0.346. The molecule has 1 fully saturated rings. The van der Waals surface area contributed by atoms with Crippen molar-refractivity contribution in [1.29, 1.82) is 0 Å². The van der Waals surface area contributed by atoms with Gasteiger partial charge in [-0.25, -0.2) is 4.98 Å². The van der Waals surface area contributed by atoms with E-state index in [1.54, 1.807) is 0 Å². The second-order valence-electron chi connectivity index (χ2n) is 9.05. The van der Waals surface area contributed by atoms with Gasteiger partial charge in [0.2, 0.25) is 12.7 Å². The van der Waals surface area contributed by atoms with Gasteiger partial charge in [0, 0.05) is 49.9 Å². The number of aryl methyl sites for hydroxylation is 1. The molecular weight excluding hydrogens is 466 g/mol. The molecule has 8 nitrogen and oxygen atoms in total. The molecule has 3 aromatic rings. The molecule has 0 saturated carbocycles. The van der Waals surface area contributed by atoms with E-state index < -0.39 is 0 Å². The standard InChI is InChI=1S/C26H26ClN5O3/c27-18-5-7-19(8-6-18)28-25-24-20(2-1-3-21(24)33)29-26(30-25)32-12-10-31(11-13-32)15-17-4-9-22-23(14-17)35-16-34-22/h4-9,14H,1-3,10-13,15-16H2,(H,28,29,30). The van der Waals surface area contributed by atoms with Crippen LogP contribution in [0.1, 0.15) is 34.5 Å². The highest BCUT2D eigenvalue weighted by atomic mass is 35.5. The Morgan fingerprint density at radius 1 is 0.943 bits per heavy atom. The minimum atomic E-state index is 0.0998. The second kappa shape index (κ2) is 9.36. The number of Topliss-reactive ketones (excluding diaryl/α,β-unsaturated/α-hetero) is 1. The number of ketones is 1. The van der Waals surface area contributed by atoms with Gasteiger partial charge in [0.05, 0.1) is 11.3 Å². The highest BCUT2D eigenvalue weighted by Crippen LogP contribution is 2.33. The molecular formula is C26H26ClN5O3. The number of benzene rings is 2. The van der Waals surface area contributed by atoms with E-state index in [2.05, 4.69) is 27.2 Å². The van der Waals surface area contributed by atoms with Crippen LogP contribution in [0.3, 0.4) is 0 Å². The number of piperazine rings is 1. The number of halogens is 1. The van der Waals surface area contributed by atoms with E-state index >= 15 is 0 Å². The first kappa shape index (κ1) is 22.1. The van der Waals surface area contributed by atoms with Crippen molar-refractivity contribution in [2.45, 2.75) is 25.8 Å². The number of hydrogen-bond donors (Lipinski definition) is 1. The van der Waals surface area contributed by atoms with Gasteiger partial charge < -0.3 is 19.7 Å². The lowest BCUT2D eigenvalue weighted by Gasteiger charge is -2.35. The van der Waals surface area contributed by atoms with E-state index in [9.17, 15) is 4.79 Å². The van der Waals surface area contributed by atoms with Gasteiger partial charge in [-0.15, -0.1) is 0 Å². The van der Waals surface area contributed by atoms with Crippen molar-refractivity contribution in [3.8, 4) is 11.5 Å². The Bertz CT molecular complexity index is 1260. The third kappa shape index (κ3) is 4.63. The zero-order valence-electron chi connectivity index (χ0n) is 19.3. The third-order valence-corrected chi connectivity index (χ3v) is 6.93. The zero-order valence-corrected chi connectivity index (χ0v) is 20.1. The minimum Gasteiger partial charge on any atom is -0.454 e. The summed E-state index contributed by atoms with van der Waals surface area (Å²) in [6, 6.07) is 13.5. The van der Waals surface area contributed by atoms with Crippen molar-refractivity contribution in [1.82, 2.24) is 14.9 Å². The molecule has 0 amide bonds. The van der Waals surface area contributed by atoms with Crippen LogP contribution in [0.2, 0.25) is 5.02 Å². The normalized spacial score (nSPS) is 17.4. The summed E-state index contributed by atoms with van der Waals surface area (Å²) in [5.41, 5.74) is 3.51. The fourth-order valence-corrected chi connectivity index (χ4v) is 4.94. The minimum absolute atomic E-state index is 0.0998. The van der Waals surface area contributed by atoms with E-state index in [4.69, 9.17) is 31.0 Å². The van der Waals surface area contributed by atoms with Crippen LogP contribution in [0.4, 0.5) is 17.5 Å². The molecule has 180 valence electrons. The first-order valence-electron chi connectivity index (χ1n) is 11.9. The molecule has 1 N–H and O–H groups in total. The van der Waals surface area contributed by atoms with E-state index in [0.29, 0.717) is 35.6 Å². The number of aromatic nitrogens is 2. The smallest absolute Gasteiger partial charge is 0.231 e. The van der Waals surface area contributed by atoms with Gasteiger partial charge in [0.15, 0.2) is 17.3 Å². The van der Waals surface area contributed by atoms with Crippen molar-refractivity contribution >= 4 is 34.8 Å².